The van der Waals surface area contributed by atoms with Gasteiger partial charge in [-0.25, -0.2) is 0 Å². The molecule has 0 saturated heterocycles. The molecule has 0 amide bonds. The highest BCUT2D eigenvalue weighted by molar-refractivity contribution is 9.10. The van der Waals surface area contributed by atoms with Gasteiger partial charge in [0.1, 0.15) is 0 Å². The summed E-state index contributed by atoms with van der Waals surface area (Å²) in [6.45, 7) is 2.85. The fourth-order valence-electron chi connectivity index (χ4n) is 1.67. The second-order valence-electron chi connectivity index (χ2n) is 3.55. The van der Waals surface area contributed by atoms with Gasteiger partial charge in [0.2, 0.25) is 0 Å². The molecule has 0 aliphatic heterocycles. The van der Waals surface area contributed by atoms with Gasteiger partial charge in [0.15, 0.2) is 0 Å². The number of aryl methyl sites for hydroxylation is 1. The minimum Gasteiger partial charge on any atom is -0.315 e. The van der Waals surface area contributed by atoms with Crippen LogP contribution in [0.4, 0.5) is 0 Å². The van der Waals surface area contributed by atoms with E-state index in [1.807, 2.05) is 30.5 Å². The van der Waals surface area contributed by atoms with Gasteiger partial charge in [-0.3, -0.25) is 4.79 Å². The van der Waals surface area contributed by atoms with E-state index >= 15 is 0 Å². The third-order valence-corrected chi connectivity index (χ3v) is 2.90. The summed E-state index contributed by atoms with van der Waals surface area (Å²) in [5.74, 6) is 0. The molecule has 1 aromatic heterocycles. The first-order chi connectivity index (χ1) is 7.22. The van der Waals surface area contributed by atoms with Crippen molar-refractivity contribution in [2.75, 3.05) is 0 Å². The van der Waals surface area contributed by atoms with E-state index in [0.29, 0.717) is 0 Å². The van der Waals surface area contributed by atoms with Crippen LogP contribution in [0.3, 0.4) is 0 Å². The third kappa shape index (κ3) is 1.97. The summed E-state index contributed by atoms with van der Waals surface area (Å²) in [4.78, 5) is 12.0. The standard InChI is InChI=1S/C12H12BrNO/c1-2-6-14-7-5-9-3-4-10(13)8-11(9)12(14)15/h3-5,7-8H,2,6H2,1H3. The van der Waals surface area contributed by atoms with Crippen molar-refractivity contribution in [2.45, 2.75) is 19.9 Å². The second-order valence-corrected chi connectivity index (χ2v) is 4.46. The third-order valence-electron chi connectivity index (χ3n) is 2.41. The summed E-state index contributed by atoms with van der Waals surface area (Å²) < 4.78 is 2.70. The SMILES string of the molecule is CCCn1ccc2ccc(Br)cc2c1=O. The Kier molecular flexibility index (Phi) is 2.91. The van der Waals surface area contributed by atoms with Crippen LogP contribution in [0, 0.1) is 0 Å². The lowest BCUT2D eigenvalue weighted by atomic mass is 10.2. The summed E-state index contributed by atoms with van der Waals surface area (Å²) >= 11 is 3.38. The fourth-order valence-corrected chi connectivity index (χ4v) is 2.03. The molecule has 0 saturated carbocycles. The molecule has 0 atom stereocenters. The van der Waals surface area contributed by atoms with Gasteiger partial charge in [0.25, 0.3) is 5.56 Å². The second kappa shape index (κ2) is 4.19. The largest absolute Gasteiger partial charge is 0.315 e. The van der Waals surface area contributed by atoms with Crippen molar-refractivity contribution in [1.29, 1.82) is 0 Å². The Hall–Kier alpha value is -1.09. The summed E-state index contributed by atoms with van der Waals surface area (Å²) in [5, 5.41) is 1.77. The molecule has 2 nitrogen and oxygen atoms in total. The maximum Gasteiger partial charge on any atom is 0.258 e. The van der Waals surface area contributed by atoms with Gasteiger partial charge >= 0.3 is 0 Å². The number of hydrogen-bond donors (Lipinski definition) is 0. The lowest BCUT2D eigenvalue weighted by Crippen LogP contribution is -2.19. The van der Waals surface area contributed by atoms with Crippen LogP contribution in [0.25, 0.3) is 10.8 Å². The van der Waals surface area contributed by atoms with Crippen molar-refractivity contribution in [1.82, 2.24) is 4.57 Å². The molecule has 0 aliphatic rings. The zero-order chi connectivity index (χ0) is 10.8. The highest BCUT2D eigenvalue weighted by Gasteiger charge is 2.02. The van der Waals surface area contributed by atoms with E-state index in [9.17, 15) is 4.79 Å². The predicted octanol–water partition coefficient (Wildman–Crippen LogP) is 3.17. The molecular weight excluding hydrogens is 254 g/mol. The first-order valence-electron chi connectivity index (χ1n) is 5.01. The Morgan fingerprint density at radius 3 is 2.87 bits per heavy atom. The fraction of sp³-hybridized carbons (Fsp3) is 0.250. The van der Waals surface area contributed by atoms with Crippen molar-refractivity contribution >= 4 is 26.7 Å². The first kappa shape index (κ1) is 10.4. The summed E-state index contributed by atoms with van der Waals surface area (Å²) in [6.07, 6.45) is 2.83. The predicted molar refractivity (Wildman–Crippen MR) is 66.2 cm³/mol. The molecular formula is C12H12BrNO. The van der Waals surface area contributed by atoms with E-state index in [2.05, 4.69) is 22.9 Å². The average molecular weight is 266 g/mol. The summed E-state index contributed by atoms with van der Waals surface area (Å²) in [7, 11) is 0. The zero-order valence-electron chi connectivity index (χ0n) is 8.53. The number of nitrogens with zero attached hydrogens (tertiary/aromatic N) is 1. The minimum absolute atomic E-state index is 0.0932. The van der Waals surface area contributed by atoms with E-state index in [-0.39, 0.29) is 5.56 Å². The molecule has 3 heteroatoms. The number of rotatable bonds is 2. The number of aromatic nitrogens is 1. The number of fused-ring (bicyclic) bond motifs is 1. The zero-order valence-corrected chi connectivity index (χ0v) is 10.1. The molecule has 1 aromatic carbocycles. The van der Waals surface area contributed by atoms with Crippen molar-refractivity contribution in [3.8, 4) is 0 Å². The van der Waals surface area contributed by atoms with Gasteiger partial charge in [-0.2, -0.15) is 0 Å². The van der Waals surface area contributed by atoms with E-state index in [1.54, 1.807) is 4.57 Å². The monoisotopic (exact) mass is 265 g/mol. The van der Waals surface area contributed by atoms with E-state index in [1.165, 1.54) is 0 Å². The van der Waals surface area contributed by atoms with E-state index < -0.39 is 0 Å². The Balaban J connectivity index is 2.71. The maximum absolute atomic E-state index is 12.0. The minimum atomic E-state index is 0.0932. The molecule has 1 heterocycles. The van der Waals surface area contributed by atoms with Crippen LogP contribution in [0.5, 0.6) is 0 Å². The Bertz CT molecular complexity index is 545. The van der Waals surface area contributed by atoms with Crippen molar-refractivity contribution in [3.05, 3.63) is 45.3 Å². The summed E-state index contributed by atoms with van der Waals surface area (Å²) in [6, 6.07) is 7.77. The molecule has 0 unspecified atom stereocenters. The summed E-state index contributed by atoms with van der Waals surface area (Å²) in [5.41, 5.74) is 0.0932. The van der Waals surface area contributed by atoms with Crippen LogP contribution in [0.1, 0.15) is 13.3 Å². The van der Waals surface area contributed by atoms with Crippen LogP contribution in [-0.4, -0.2) is 4.57 Å². The van der Waals surface area contributed by atoms with Crippen LogP contribution in [-0.2, 0) is 6.54 Å². The van der Waals surface area contributed by atoms with Gasteiger partial charge in [0, 0.05) is 22.6 Å². The smallest absolute Gasteiger partial charge is 0.258 e. The quantitative estimate of drug-likeness (QED) is 0.818. The number of pyridine rings is 1. The topological polar surface area (TPSA) is 22.0 Å². The van der Waals surface area contributed by atoms with E-state index in [4.69, 9.17) is 0 Å². The van der Waals surface area contributed by atoms with Crippen LogP contribution in [0.15, 0.2) is 39.7 Å². The van der Waals surface area contributed by atoms with Gasteiger partial charge in [-0.1, -0.05) is 28.9 Å². The molecule has 0 N–H and O–H groups in total. The van der Waals surface area contributed by atoms with Gasteiger partial charge in [0.05, 0.1) is 0 Å². The van der Waals surface area contributed by atoms with Crippen molar-refractivity contribution < 1.29 is 0 Å². The average Bonchev–Trinajstić information content (AvgIpc) is 2.23. The van der Waals surface area contributed by atoms with Crippen molar-refractivity contribution in [2.24, 2.45) is 0 Å². The van der Waals surface area contributed by atoms with Crippen LogP contribution < -0.4 is 5.56 Å². The molecule has 15 heavy (non-hydrogen) atoms. The lowest BCUT2D eigenvalue weighted by molar-refractivity contribution is 0.659. The van der Waals surface area contributed by atoms with Gasteiger partial charge in [-0.05, 0) is 30.0 Å². The van der Waals surface area contributed by atoms with Crippen LogP contribution in [0.2, 0.25) is 0 Å². The lowest BCUT2D eigenvalue weighted by Gasteiger charge is -2.05. The molecule has 2 aromatic rings. The molecule has 78 valence electrons. The number of hydrogen-bond acceptors (Lipinski definition) is 1. The van der Waals surface area contributed by atoms with Crippen molar-refractivity contribution in [3.63, 3.8) is 0 Å². The Morgan fingerprint density at radius 2 is 2.13 bits per heavy atom. The first-order valence-corrected chi connectivity index (χ1v) is 5.80. The molecule has 0 radical (unpaired) electrons. The number of halogens is 1. The maximum atomic E-state index is 12.0. The molecule has 0 aliphatic carbocycles. The molecule has 0 fully saturated rings. The highest BCUT2D eigenvalue weighted by atomic mass is 79.9. The molecule has 2 rings (SSSR count). The Morgan fingerprint density at radius 1 is 1.33 bits per heavy atom. The van der Waals surface area contributed by atoms with Gasteiger partial charge < -0.3 is 4.57 Å². The molecule has 0 spiro atoms. The molecule has 0 bridgehead atoms. The normalized spacial score (nSPS) is 10.8. The van der Waals surface area contributed by atoms with Gasteiger partial charge in [-0.15, -0.1) is 0 Å². The van der Waals surface area contributed by atoms with E-state index in [0.717, 1.165) is 28.2 Å². The number of benzene rings is 1. The Labute approximate surface area is 96.7 Å². The van der Waals surface area contributed by atoms with Crippen LogP contribution >= 0.6 is 15.9 Å². The highest BCUT2D eigenvalue weighted by Crippen LogP contribution is 2.16.